The monoisotopic (exact) mass is 709 g/mol. The lowest BCUT2D eigenvalue weighted by molar-refractivity contribution is -0.139. The number of ether oxygens (including phenoxy) is 4. The first-order valence-corrected chi connectivity index (χ1v) is 15.0. The highest BCUT2D eigenvalue weighted by Crippen LogP contribution is 2.45. The quantitative estimate of drug-likeness (QED) is 0.256. The summed E-state index contributed by atoms with van der Waals surface area (Å²) < 4.78 is 116. The molecular weight excluding hydrogens is 666 g/mol. The molecule has 1 fully saturated rings. The highest BCUT2D eigenvalue weighted by Gasteiger charge is 2.38. The van der Waals surface area contributed by atoms with Gasteiger partial charge in [0.15, 0.2) is 17.2 Å². The number of piperidine rings is 1. The zero-order valence-electron chi connectivity index (χ0n) is 34.9. The van der Waals surface area contributed by atoms with Crippen molar-refractivity contribution < 1.29 is 59.2 Å². The predicted octanol–water partition coefficient (Wildman–Crippen LogP) is 5.73. The molecule has 3 N–H and O–H groups in total. The van der Waals surface area contributed by atoms with E-state index in [0.717, 1.165) is 23.3 Å². The summed E-state index contributed by atoms with van der Waals surface area (Å²) in [5.41, 5.74) is 0.171. The van der Waals surface area contributed by atoms with E-state index in [1.54, 1.807) is 26.0 Å². The SMILES string of the molecule is [2H]C([2H])([2H])Oc1cc(C(=O)Nc2cc3c(cc2Oc2cc(C)cc(C)c2)C(=O)N[C@@H](CC(=O)N2CCC(F)(F)CC2)C(=O)N3)c(Cl)c(OC([2H])([2H])[2H])c1OC([2H])([2H])[2H]. The Bertz CT molecular complexity index is 2120. The Balaban J connectivity index is 1.57. The van der Waals surface area contributed by atoms with Crippen LogP contribution in [0.3, 0.4) is 0 Å². The van der Waals surface area contributed by atoms with Gasteiger partial charge in [0.1, 0.15) is 11.8 Å². The van der Waals surface area contributed by atoms with Crippen LogP contribution in [0.15, 0.2) is 36.4 Å². The van der Waals surface area contributed by atoms with Crippen molar-refractivity contribution in [1.82, 2.24) is 10.2 Å². The van der Waals surface area contributed by atoms with Crippen molar-refractivity contribution in [3.63, 3.8) is 0 Å². The van der Waals surface area contributed by atoms with Crippen molar-refractivity contribution in [3.8, 4) is 28.7 Å². The molecule has 49 heavy (non-hydrogen) atoms. The third-order valence-electron chi connectivity index (χ3n) is 7.84. The molecule has 3 aromatic carbocycles. The number of anilines is 2. The van der Waals surface area contributed by atoms with Crippen LogP contribution < -0.4 is 34.9 Å². The summed E-state index contributed by atoms with van der Waals surface area (Å²) in [4.78, 5) is 55.2. The van der Waals surface area contributed by atoms with Gasteiger partial charge in [-0.05, 0) is 55.3 Å². The summed E-state index contributed by atoms with van der Waals surface area (Å²) in [6.45, 7) is 3.06. The molecule has 1 atom stereocenters. The standard InChI is InChI=1S/C34H35ClF2N4O8/c1-17-10-18(2)12-19(11-17)49-25-13-20-22(15-23(25)39-32(44)21-14-26(46-3)29(47-4)30(48-5)28(21)35)38-33(45)24(40-31(20)43)16-27(42)41-8-6-34(36,37)7-9-41/h10-15,24H,6-9,16H2,1-5H3,(H,38,45)(H,39,44)(H,40,43)/t24-/m0/s1/i3D3,4D3,5D3. The average Bonchev–Trinajstić information content (AvgIpc) is 3.16. The van der Waals surface area contributed by atoms with Crippen LogP contribution in [0.2, 0.25) is 5.02 Å². The Hall–Kier alpha value is -5.11. The van der Waals surface area contributed by atoms with Gasteiger partial charge in [-0.25, -0.2) is 8.78 Å². The highest BCUT2D eigenvalue weighted by molar-refractivity contribution is 6.36. The second kappa shape index (κ2) is 14.2. The molecule has 2 heterocycles. The van der Waals surface area contributed by atoms with Crippen LogP contribution in [0.1, 0.15) is 63.4 Å². The largest absolute Gasteiger partial charge is 0.493 e. The third-order valence-corrected chi connectivity index (χ3v) is 8.22. The van der Waals surface area contributed by atoms with Gasteiger partial charge in [0.25, 0.3) is 17.7 Å². The van der Waals surface area contributed by atoms with E-state index in [1.165, 1.54) is 4.90 Å². The van der Waals surface area contributed by atoms with Crippen molar-refractivity contribution in [1.29, 1.82) is 0 Å². The number of nitrogens with one attached hydrogen (secondary N) is 3. The molecule has 3 aromatic rings. The number of hydrogen-bond donors (Lipinski definition) is 3. The molecule has 0 saturated carbocycles. The normalized spacial score (nSPS) is 20.3. The maximum atomic E-state index is 14.1. The number of nitrogens with zero attached hydrogens (tertiary/aromatic N) is 1. The molecular formula is C34H35ClF2N4O8. The second-order valence-corrected chi connectivity index (χ2v) is 11.8. The van der Waals surface area contributed by atoms with Crippen LogP contribution in [0.5, 0.6) is 28.7 Å². The van der Waals surface area contributed by atoms with Gasteiger partial charge >= 0.3 is 0 Å². The van der Waals surface area contributed by atoms with Crippen LogP contribution in [0, 0.1) is 13.8 Å². The van der Waals surface area contributed by atoms with Gasteiger partial charge in [-0.15, -0.1) is 0 Å². The second-order valence-electron chi connectivity index (χ2n) is 11.4. The number of amides is 4. The van der Waals surface area contributed by atoms with Crippen LogP contribution in [-0.4, -0.2) is 74.7 Å². The summed E-state index contributed by atoms with van der Waals surface area (Å²) >= 11 is 6.46. The first-order valence-electron chi connectivity index (χ1n) is 19.1. The molecule has 4 amide bonds. The van der Waals surface area contributed by atoms with Crippen molar-refractivity contribution >= 4 is 46.6 Å². The van der Waals surface area contributed by atoms with E-state index in [0.29, 0.717) is 6.07 Å². The Morgan fingerprint density at radius 1 is 0.980 bits per heavy atom. The molecule has 2 aliphatic rings. The van der Waals surface area contributed by atoms with Crippen molar-refractivity contribution in [2.45, 2.75) is 45.1 Å². The minimum absolute atomic E-state index is 0.191. The number of rotatable bonds is 9. The first-order chi connectivity index (χ1) is 26.7. The number of alkyl halides is 2. The molecule has 0 aromatic heterocycles. The zero-order chi connectivity index (χ0) is 43.1. The number of carbonyl (C=O) groups is 4. The number of carbonyl (C=O) groups excluding carboxylic acids is 4. The van der Waals surface area contributed by atoms with Crippen LogP contribution in [0.25, 0.3) is 0 Å². The number of benzene rings is 3. The molecule has 0 spiro atoms. The molecule has 15 heteroatoms. The van der Waals surface area contributed by atoms with E-state index < -0.39 is 104 Å². The number of likely N-dealkylation sites (tertiary alicyclic amines) is 1. The van der Waals surface area contributed by atoms with Crippen molar-refractivity contribution in [2.24, 2.45) is 0 Å². The summed E-state index contributed by atoms with van der Waals surface area (Å²) in [5.74, 6) is -9.62. The van der Waals surface area contributed by atoms with E-state index in [9.17, 15) is 28.0 Å². The Morgan fingerprint density at radius 3 is 2.33 bits per heavy atom. The third kappa shape index (κ3) is 7.64. The smallest absolute Gasteiger partial charge is 0.257 e. The predicted molar refractivity (Wildman–Crippen MR) is 177 cm³/mol. The Labute approximate surface area is 298 Å². The van der Waals surface area contributed by atoms with Gasteiger partial charge in [0.2, 0.25) is 17.6 Å². The van der Waals surface area contributed by atoms with Gasteiger partial charge in [-0.2, -0.15) is 0 Å². The van der Waals surface area contributed by atoms with Gasteiger partial charge in [-0.3, -0.25) is 19.2 Å². The lowest BCUT2D eigenvalue weighted by Crippen LogP contribution is -2.48. The van der Waals surface area contributed by atoms with Gasteiger partial charge in [0.05, 0.1) is 67.4 Å². The number of methoxy groups -OCH3 is 3. The van der Waals surface area contributed by atoms with E-state index in [1.807, 2.05) is 6.07 Å². The highest BCUT2D eigenvalue weighted by atomic mass is 35.5. The maximum absolute atomic E-state index is 14.1. The number of fused-ring (bicyclic) bond motifs is 1. The van der Waals surface area contributed by atoms with Crippen LogP contribution in [-0.2, 0) is 9.59 Å². The molecule has 260 valence electrons. The topological polar surface area (TPSA) is 145 Å². The fraction of sp³-hybridized carbons (Fsp3) is 0.353. The molecule has 0 aliphatic carbocycles. The molecule has 12 nitrogen and oxygen atoms in total. The van der Waals surface area contributed by atoms with Crippen molar-refractivity contribution in [2.75, 3.05) is 44.8 Å². The van der Waals surface area contributed by atoms with E-state index >= 15 is 0 Å². The summed E-state index contributed by atoms with van der Waals surface area (Å²) in [7, 11) is -9.99. The molecule has 2 aliphatic heterocycles. The molecule has 0 bridgehead atoms. The minimum atomic E-state index is -3.35. The van der Waals surface area contributed by atoms with E-state index in [-0.39, 0.29) is 41.5 Å². The first kappa shape index (κ1) is 24.9. The molecule has 0 unspecified atom stereocenters. The fourth-order valence-corrected chi connectivity index (χ4v) is 5.70. The lowest BCUT2D eigenvalue weighted by Gasteiger charge is -2.32. The summed E-state index contributed by atoms with van der Waals surface area (Å²) in [5, 5.41) is 6.59. The summed E-state index contributed by atoms with van der Waals surface area (Å²) in [6.07, 6.45) is -1.68. The zero-order valence-corrected chi connectivity index (χ0v) is 26.7. The lowest BCUT2D eigenvalue weighted by atomic mass is 10.1. The number of hydrogen-bond acceptors (Lipinski definition) is 8. The van der Waals surface area contributed by atoms with E-state index in [2.05, 4.69) is 16.0 Å². The number of halogens is 3. The molecule has 0 radical (unpaired) electrons. The van der Waals surface area contributed by atoms with Gasteiger partial charge < -0.3 is 39.8 Å². The summed E-state index contributed by atoms with van der Waals surface area (Å²) in [6, 6.07) is 6.61. The van der Waals surface area contributed by atoms with Crippen molar-refractivity contribution in [3.05, 3.63) is 63.7 Å². The molecule has 5 rings (SSSR count). The maximum Gasteiger partial charge on any atom is 0.257 e. The Morgan fingerprint density at radius 2 is 1.65 bits per heavy atom. The Kier molecular flexibility index (Phi) is 7.21. The minimum Gasteiger partial charge on any atom is -0.493 e. The van der Waals surface area contributed by atoms with Gasteiger partial charge in [-0.1, -0.05) is 17.7 Å². The van der Waals surface area contributed by atoms with Gasteiger partial charge in [0, 0.05) is 25.9 Å². The van der Waals surface area contributed by atoms with Crippen LogP contribution in [0.4, 0.5) is 20.2 Å². The van der Waals surface area contributed by atoms with E-state index in [4.69, 9.17) is 42.9 Å². The fourth-order valence-electron chi connectivity index (χ4n) is 5.44. The average molecular weight is 710 g/mol. The number of aryl methyl sites for hydroxylation is 2. The molecule has 1 saturated heterocycles. The van der Waals surface area contributed by atoms with Crippen LogP contribution >= 0.6 is 11.6 Å².